The lowest BCUT2D eigenvalue weighted by Crippen LogP contribution is -2.01. The van der Waals surface area contributed by atoms with Crippen molar-refractivity contribution in [2.24, 2.45) is 0 Å². The molecule has 16 heavy (non-hydrogen) atoms. The van der Waals surface area contributed by atoms with Gasteiger partial charge in [0.1, 0.15) is 5.82 Å². The first-order chi connectivity index (χ1) is 7.65. The monoisotopic (exact) mass is 361 g/mol. The molecule has 2 aromatic rings. The zero-order chi connectivity index (χ0) is 11.5. The molecule has 0 fully saturated rings. The van der Waals surface area contributed by atoms with Gasteiger partial charge in [-0.2, -0.15) is 0 Å². The summed E-state index contributed by atoms with van der Waals surface area (Å²) in [4.78, 5) is 5.46. The summed E-state index contributed by atoms with van der Waals surface area (Å²) in [6.07, 6.45) is 1.64. The molecular weight excluding hydrogens is 354 g/mol. The molecule has 3 N–H and O–H groups in total. The third kappa shape index (κ3) is 2.96. The van der Waals surface area contributed by atoms with Gasteiger partial charge in [-0.15, -0.1) is 11.3 Å². The van der Waals surface area contributed by atoms with Crippen molar-refractivity contribution in [3.63, 3.8) is 0 Å². The van der Waals surface area contributed by atoms with E-state index in [1.54, 1.807) is 17.5 Å². The maximum atomic E-state index is 5.61. The molecule has 0 atom stereocenters. The van der Waals surface area contributed by atoms with Crippen LogP contribution in [0.25, 0.3) is 0 Å². The van der Waals surface area contributed by atoms with E-state index in [-0.39, 0.29) is 0 Å². The number of hydrogen-bond donors (Lipinski definition) is 2. The maximum Gasteiger partial charge on any atom is 0.140 e. The molecule has 6 heteroatoms. The fraction of sp³-hybridized carbons (Fsp3) is 0.100. The number of anilines is 2. The number of nitrogens with zero attached hydrogens (tertiary/aromatic N) is 1. The predicted octanol–water partition coefficient (Wildman–Crippen LogP) is 3.86. The van der Waals surface area contributed by atoms with Gasteiger partial charge >= 0.3 is 0 Å². The van der Waals surface area contributed by atoms with Gasteiger partial charge in [-0.25, -0.2) is 4.98 Å². The van der Waals surface area contributed by atoms with Crippen molar-refractivity contribution in [2.75, 3.05) is 11.1 Å². The van der Waals surface area contributed by atoms with Gasteiger partial charge in [-0.3, -0.25) is 0 Å². The fourth-order valence-electron chi connectivity index (χ4n) is 1.20. The summed E-state index contributed by atoms with van der Waals surface area (Å²) in [7, 11) is 0. The highest BCUT2D eigenvalue weighted by Crippen LogP contribution is 2.25. The minimum absolute atomic E-state index is 0.649. The number of nitrogen functional groups attached to an aromatic ring is 1. The molecule has 0 spiro atoms. The Morgan fingerprint density at radius 2 is 2.19 bits per heavy atom. The second kappa shape index (κ2) is 5.16. The molecular formula is C10H9Br2N3S. The molecule has 0 amide bonds. The van der Waals surface area contributed by atoms with Gasteiger partial charge in [0.05, 0.1) is 26.7 Å². The van der Waals surface area contributed by atoms with E-state index in [9.17, 15) is 0 Å². The Hall–Kier alpha value is -0.590. The number of nitrogens with two attached hydrogens (primary N) is 1. The van der Waals surface area contributed by atoms with Crippen LogP contribution in [0.3, 0.4) is 0 Å². The number of hydrogen-bond acceptors (Lipinski definition) is 4. The van der Waals surface area contributed by atoms with Crippen LogP contribution < -0.4 is 11.1 Å². The number of nitrogens with one attached hydrogen (secondary N) is 1. The van der Waals surface area contributed by atoms with E-state index in [0.717, 1.165) is 20.6 Å². The van der Waals surface area contributed by atoms with Crippen LogP contribution in [0, 0.1) is 0 Å². The topological polar surface area (TPSA) is 50.9 Å². The van der Waals surface area contributed by atoms with E-state index in [1.165, 1.54) is 4.88 Å². The number of halogens is 2. The Balaban J connectivity index is 2.04. The summed E-state index contributed by atoms with van der Waals surface area (Å²) >= 11 is 8.55. The van der Waals surface area contributed by atoms with Crippen molar-refractivity contribution < 1.29 is 0 Å². The zero-order valence-electron chi connectivity index (χ0n) is 8.21. The van der Waals surface area contributed by atoms with Crippen molar-refractivity contribution >= 4 is 54.7 Å². The third-order valence-corrected chi connectivity index (χ3v) is 4.15. The Bertz CT molecular complexity index is 499. The predicted molar refractivity (Wildman–Crippen MR) is 75.7 cm³/mol. The van der Waals surface area contributed by atoms with Crippen LogP contribution in [0.5, 0.6) is 0 Å². The largest absolute Gasteiger partial charge is 0.397 e. The highest BCUT2D eigenvalue weighted by Gasteiger charge is 2.02. The van der Waals surface area contributed by atoms with Gasteiger partial charge in [0.15, 0.2) is 0 Å². The summed E-state index contributed by atoms with van der Waals surface area (Å²) in [6, 6.07) is 5.94. The van der Waals surface area contributed by atoms with Crippen LogP contribution in [0.2, 0.25) is 0 Å². The van der Waals surface area contributed by atoms with Crippen LogP contribution >= 0.6 is 43.2 Å². The molecule has 0 aliphatic rings. The van der Waals surface area contributed by atoms with E-state index in [0.29, 0.717) is 5.69 Å². The zero-order valence-corrected chi connectivity index (χ0v) is 12.2. The van der Waals surface area contributed by atoms with Crippen molar-refractivity contribution in [1.29, 1.82) is 0 Å². The molecule has 2 heterocycles. The van der Waals surface area contributed by atoms with Gasteiger partial charge in [0.25, 0.3) is 0 Å². The molecule has 0 bridgehead atoms. The number of aromatic nitrogens is 1. The molecule has 84 valence electrons. The molecule has 3 nitrogen and oxygen atoms in total. The van der Waals surface area contributed by atoms with Crippen LogP contribution in [0.4, 0.5) is 11.5 Å². The highest BCUT2D eigenvalue weighted by molar-refractivity contribution is 9.11. The van der Waals surface area contributed by atoms with E-state index < -0.39 is 0 Å². The Labute approximate surface area is 114 Å². The standard InChI is InChI=1S/C10H9Br2N3S/c11-8-3-6(13)4-14-10(8)15-5-7-1-2-9(12)16-7/h1-4H,5,13H2,(H,14,15). The number of thiophene rings is 1. The Morgan fingerprint density at radius 1 is 1.38 bits per heavy atom. The molecule has 0 aliphatic heterocycles. The number of pyridine rings is 1. The van der Waals surface area contributed by atoms with Crippen molar-refractivity contribution in [3.05, 3.63) is 37.5 Å². The lowest BCUT2D eigenvalue weighted by Gasteiger charge is -2.06. The molecule has 0 aromatic carbocycles. The molecule has 0 saturated heterocycles. The van der Waals surface area contributed by atoms with Crippen LogP contribution in [-0.2, 0) is 6.54 Å². The van der Waals surface area contributed by atoms with Gasteiger partial charge in [-0.1, -0.05) is 0 Å². The molecule has 0 unspecified atom stereocenters. The summed E-state index contributed by atoms with van der Waals surface area (Å²) in [5.74, 6) is 0.804. The lowest BCUT2D eigenvalue weighted by molar-refractivity contribution is 1.13. The maximum absolute atomic E-state index is 5.61. The summed E-state index contributed by atoms with van der Waals surface area (Å²) in [5, 5.41) is 3.25. The average Bonchev–Trinajstić information content (AvgIpc) is 2.63. The first-order valence-corrected chi connectivity index (χ1v) is 6.94. The number of rotatable bonds is 3. The lowest BCUT2D eigenvalue weighted by atomic mass is 10.4. The van der Waals surface area contributed by atoms with Gasteiger partial charge in [0, 0.05) is 4.88 Å². The minimum Gasteiger partial charge on any atom is -0.397 e. The second-order valence-corrected chi connectivity index (χ2v) is 6.56. The SMILES string of the molecule is Nc1cnc(NCc2ccc(Br)s2)c(Br)c1. The van der Waals surface area contributed by atoms with E-state index >= 15 is 0 Å². The molecule has 0 saturated carbocycles. The Kier molecular flexibility index (Phi) is 3.83. The van der Waals surface area contributed by atoms with Crippen LogP contribution in [0.15, 0.2) is 32.7 Å². The van der Waals surface area contributed by atoms with Gasteiger partial charge in [-0.05, 0) is 50.1 Å². The summed E-state index contributed by atoms with van der Waals surface area (Å²) < 4.78 is 2.01. The van der Waals surface area contributed by atoms with Crippen molar-refractivity contribution in [1.82, 2.24) is 4.98 Å². The van der Waals surface area contributed by atoms with Crippen molar-refractivity contribution in [3.8, 4) is 0 Å². The van der Waals surface area contributed by atoms with Gasteiger partial charge in [0.2, 0.25) is 0 Å². The first-order valence-electron chi connectivity index (χ1n) is 4.54. The van der Waals surface area contributed by atoms with Crippen molar-refractivity contribution in [2.45, 2.75) is 6.54 Å². The molecule has 0 radical (unpaired) electrons. The average molecular weight is 363 g/mol. The van der Waals surface area contributed by atoms with Gasteiger partial charge < -0.3 is 11.1 Å². The van der Waals surface area contributed by atoms with Crippen LogP contribution in [0.1, 0.15) is 4.88 Å². The molecule has 2 aromatic heterocycles. The first kappa shape index (κ1) is 11.9. The summed E-state index contributed by atoms with van der Waals surface area (Å²) in [6.45, 7) is 0.756. The summed E-state index contributed by atoms with van der Waals surface area (Å²) in [5.41, 5.74) is 6.26. The van der Waals surface area contributed by atoms with E-state index in [4.69, 9.17) is 5.73 Å². The molecule has 0 aliphatic carbocycles. The fourth-order valence-corrected chi connectivity index (χ4v) is 3.13. The Morgan fingerprint density at radius 3 is 2.81 bits per heavy atom. The third-order valence-electron chi connectivity index (χ3n) is 1.92. The van der Waals surface area contributed by atoms with E-state index in [1.807, 2.05) is 12.1 Å². The quantitative estimate of drug-likeness (QED) is 0.871. The minimum atomic E-state index is 0.649. The second-order valence-electron chi connectivity index (χ2n) is 3.16. The highest BCUT2D eigenvalue weighted by atomic mass is 79.9. The molecule has 2 rings (SSSR count). The van der Waals surface area contributed by atoms with Crippen LogP contribution in [-0.4, -0.2) is 4.98 Å². The normalized spacial score (nSPS) is 10.4. The smallest absolute Gasteiger partial charge is 0.140 e. The van der Waals surface area contributed by atoms with E-state index in [2.05, 4.69) is 48.2 Å².